The van der Waals surface area contributed by atoms with E-state index in [9.17, 15) is 4.79 Å². The highest BCUT2D eigenvalue weighted by Gasteiger charge is 2.22. The Hall–Kier alpha value is -2.78. The minimum absolute atomic E-state index is 0. The molecule has 0 radical (unpaired) electrons. The number of hydrogen-bond donors (Lipinski definition) is 2. The number of aryl methyl sites for hydroxylation is 1. The third-order valence-electron chi connectivity index (χ3n) is 4.40. The maximum atomic E-state index is 12.5. The number of nitrogens with zero attached hydrogens (tertiary/aromatic N) is 5. The number of anilines is 1. The van der Waals surface area contributed by atoms with Gasteiger partial charge in [-0.15, -0.1) is 12.4 Å². The first-order chi connectivity index (χ1) is 12.7. The molecular formula is C17H20ClN7O2. The molecule has 3 aromatic rings. The summed E-state index contributed by atoms with van der Waals surface area (Å²) in [7, 11) is 1.76. The summed E-state index contributed by atoms with van der Waals surface area (Å²) >= 11 is 0. The molecule has 27 heavy (non-hydrogen) atoms. The molecule has 1 aliphatic heterocycles. The summed E-state index contributed by atoms with van der Waals surface area (Å²) in [5.41, 5.74) is 0.932. The number of halogens is 1. The van der Waals surface area contributed by atoms with Gasteiger partial charge in [0.15, 0.2) is 17.3 Å². The summed E-state index contributed by atoms with van der Waals surface area (Å²) in [6.45, 7) is 1.92. The van der Waals surface area contributed by atoms with Gasteiger partial charge in [0.05, 0.1) is 0 Å². The SMILES string of the molecule is Cl.Cn1nc(C2CCNCC2)nc1NC(=O)c1cc(-c2cccnc2)on1. The summed E-state index contributed by atoms with van der Waals surface area (Å²) in [4.78, 5) is 21.0. The van der Waals surface area contributed by atoms with Crippen LogP contribution < -0.4 is 10.6 Å². The Morgan fingerprint density at radius 1 is 1.37 bits per heavy atom. The van der Waals surface area contributed by atoms with Crippen molar-refractivity contribution in [2.45, 2.75) is 18.8 Å². The Bertz CT molecular complexity index is 903. The molecule has 0 atom stereocenters. The molecule has 2 N–H and O–H groups in total. The van der Waals surface area contributed by atoms with Gasteiger partial charge >= 0.3 is 0 Å². The molecule has 0 aliphatic carbocycles. The lowest BCUT2D eigenvalue weighted by Crippen LogP contribution is -2.27. The fourth-order valence-electron chi connectivity index (χ4n) is 2.96. The van der Waals surface area contributed by atoms with Gasteiger partial charge in [-0.1, -0.05) is 5.16 Å². The fourth-order valence-corrected chi connectivity index (χ4v) is 2.96. The first kappa shape index (κ1) is 19.0. The van der Waals surface area contributed by atoms with Crippen LogP contribution in [0.1, 0.15) is 35.1 Å². The van der Waals surface area contributed by atoms with Gasteiger partial charge in [0.1, 0.15) is 0 Å². The zero-order valence-corrected chi connectivity index (χ0v) is 15.6. The zero-order chi connectivity index (χ0) is 17.9. The third-order valence-corrected chi connectivity index (χ3v) is 4.40. The first-order valence-electron chi connectivity index (χ1n) is 8.51. The average molecular weight is 390 g/mol. The van der Waals surface area contributed by atoms with Crippen LogP contribution in [-0.2, 0) is 7.05 Å². The van der Waals surface area contributed by atoms with Gasteiger partial charge in [0.2, 0.25) is 5.95 Å². The minimum Gasteiger partial charge on any atom is -0.355 e. The molecule has 142 valence electrons. The Labute approximate surface area is 162 Å². The number of amides is 1. The second kappa shape index (κ2) is 8.28. The van der Waals surface area contributed by atoms with Gasteiger partial charge in [-0.25, -0.2) is 4.68 Å². The largest absolute Gasteiger partial charge is 0.355 e. The van der Waals surface area contributed by atoms with Gasteiger partial charge < -0.3 is 9.84 Å². The molecule has 4 rings (SSSR count). The molecule has 0 aromatic carbocycles. The van der Waals surface area contributed by atoms with Crippen LogP contribution in [0.2, 0.25) is 0 Å². The molecule has 0 spiro atoms. The fraction of sp³-hybridized carbons (Fsp3) is 0.353. The Morgan fingerprint density at radius 2 is 2.19 bits per heavy atom. The van der Waals surface area contributed by atoms with Crippen molar-refractivity contribution in [2.75, 3.05) is 18.4 Å². The summed E-state index contributed by atoms with van der Waals surface area (Å²) in [6.07, 6.45) is 5.31. The smallest absolute Gasteiger partial charge is 0.280 e. The summed E-state index contributed by atoms with van der Waals surface area (Å²) in [5.74, 6) is 1.57. The Morgan fingerprint density at radius 3 is 2.93 bits per heavy atom. The zero-order valence-electron chi connectivity index (χ0n) is 14.8. The number of pyridine rings is 1. The molecule has 4 heterocycles. The van der Waals surface area contributed by atoms with Crippen LogP contribution in [0.5, 0.6) is 0 Å². The van der Waals surface area contributed by atoms with Crippen molar-refractivity contribution < 1.29 is 9.32 Å². The minimum atomic E-state index is -0.392. The van der Waals surface area contributed by atoms with Crippen LogP contribution in [0.4, 0.5) is 5.95 Å². The van der Waals surface area contributed by atoms with Crippen LogP contribution >= 0.6 is 12.4 Å². The average Bonchev–Trinajstić information content (AvgIpc) is 3.31. The quantitative estimate of drug-likeness (QED) is 0.702. The van der Waals surface area contributed by atoms with Crippen molar-refractivity contribution in [1.82, 2.24) is 30.2 Å². The standard InChI is InChI=1S/C17H19N7O2.ClH/c1-24-17(20-15(22-24)11-4-7-18-8-5-11)21-16(25)13-9-14(26-23-13)12-3-2-6-19-10-12;/h2-3,6,9-11,18H,4-5,7-8H2,1H3,(H,20,21,22,25);1H. The topological polar surface area (TPSA) is 111 Å². The van der Waals surface area contributed by atoms with Crippen LogP contribution in [0.3, 0.4) is 0 Å². The summed E-state index contributed by atoms with van der Waals surface area (Å²) in [6, 6.07) is 5.21. The highest BCUT2D eigenvalue weighted by Crippen LogP contribution is 2.24. The number of carbonyl (C=O) groups excluding carboxylic acids is 1. The third kappa shape index (κ3) is 4.15. The molecule has 3 aromatic heterocycles. The van der Waals surface area contributed by atoms with Crippen LogP contribution in [-0.4, -0.2) is 43.9 Å². The molecule has 10 heteroatoms. The van der Waals surface area contributed by atoms with E-state index in [0.717, 1.165) is 37.3 Å². The number of hydrogen-bond acceptors (Lipinski definition) is 7. The molecule has 9 nitrogen and oxygen atoms in total. The van der Waals surface area contributed by atoms with Crippen molar-refractivity contribution in [1.29, 1.82) is 0 Å². The van der Waals surface area contributed by atoms with Crippen molar-refractivity contribution >= 4 is 24.3 Å². The second-order valence-electron chi connectivity index (χ2n) is 6.21. The van der Waals surface area contributed by atoms with Gasteiger partial charge in [0.25, 0.3) is 5.91 Å². The lowest BCUT2D eigenvalue weighted by Gasteiger charge is -2.19. The second-order valence-corrected chi connectivity index (χ2v) is 6.21. The normalized spacial score (nSPS) is 14.6. The maximum absolute atomic E-state index is 12.5. The highest BCUT2D eigenvalue weighted by molar-refractivity contribution is 6.02. The monoisotopic (exact) mass is 389 g/mol. The molecule has 0 bridgehead atoms. The number of carbonyl (C=O) groups is 1. The van der Waals surface area contributed by atoms with Crippen LogP contribution in [0.25, 0.3) is 11.3 Å². The molecular weight excluding hydrogens is 370 g/mol. The van der Waals surface area contributed by atoms with E-state index in [0.29, 0.717) is 17.6 Å². The van der Waals surface area contributed by atoms with Crippen molar-refractivity contribution in [3.63, 3.8) is 0 Å². The summed E-state index contributed by atoms with van der Waals surface area (Å²) < 4.78 is 6.82. The lowest BCUT2D eigenvalue weighted by atomic mass is 9.98. The molecule has 1 aliphatic rings. The van der Waals surface area contributed by atoms with E-state index < -0.39 is 5.91 Å². The van der Waals surface area contributed by atoms with Crippen molar-refractivity contribution in [3.8, 4) is 11.3 Å². The molecule has 1 fully saturated rings. The van der Waals surface area contributed by atoms with E-state index in [1.165, 1.54) is 0 Å². The van der Waals surface area contributed by atoms with E-state index in [4.69, 9.17) is 4.52 Å². The molecule has 1 saturated heterocycles. The van der Waals surface area contributed by atoms with E-state index >= 15 is 0 Å². The summed E-state index contributed by atoms with van der Waals surface area (Å²) in [5, 5.41) is 14.3. The number of nitrogens with one attached hydrogen (secondary N) is 2. The number of aromatic nitrogens is 5. The molecule has 1 amide bonds. The van der Waals surface area contributed by atoms with Crippen LogP contribution in [0, 0.1) is 0 Å². The highest BCUT2D eigenvalue weighted by atomic mass is 35.5. The number of piperidine rings is 1. The van der Waals surface area contributed by atoms with E-state index in [1.807, 2.05) is 6.07 Å². The predicted molar refractivity (Wildman–Crippen MR) is 101 cm³/mol. The predicted octanol–water partition coefficient (Wildman–Crippen LogP) is 2.01. The first-order valence-corrected chi connectivity index (χ1v) is 8.51. The maximum Gasteiger partial charge on any atom is 0.280 e. The van der Waals surface area contributed by atoms with Crippen molar-refractivity contribution in [2.24, 2.45) is 7.05 Å². The van der Waals surface area contributed by atoms with Gasteiger partial charge in [-0.3, -0.25) is 15.1 Å². The van der Waals surface area contributed by atoms with E-state index in [1.54, 1.807) is 36.3 Å². The van der Waals surface area contributed by atoms with E-state index in [2.05, 4.69) is 30.9 Å². The van der Waals surface area contributed by atoms with Gasteiger partial charge in [-0.2, -0.15) is 10.1 Å². The molecule has 0 saturated carbocycles. The van der Waals surface area contributed by atoms with Crippen molar-refractivity contribution in [3.05, 3.63) is 42.1 Å². The number of rotatable bonds is 4. The van der Waals surface area contributed by atoms with Gasteiger partial charge in [0, 0.05) is 37.0 Å². The van der Waals surface area contributed by atoms with Gasteiger partial charge in [-0.05, 0) is 38.1 Å². The lowest BCUT2D eigenvalue weighted by molar-refractivity contribution is 0.101. The van der Waals surface area contributed by atoms with E-state index in [-0.39, 0.29) is 18.1 Å². The van der Waals surface area contributed by atoms with Crippen LogP contribution in [0.15, 0.2) is 35.1 Å². The Balaban J connectivity index is 0.00000210. The molecule has 0 unspecified atom stereocenters. The Kier molecular flexibility index (Phi) is 5.82.